The summed E-state index contributed by atoms with van der Waals surface area (Å²) in [6.07, 6.45) is 3.09. The maximum absolute atomic E-state index is 12.6. The van der Waals surface area contributed by atoms with Crippen LogP contribution in [0.1, 0.15) is 16.1 Å². The summed E-state index contributed by atoms with van der Waals surface area (Å²) >= 11 is 1.38. The summed E-state index contributed by atoms with van der Waals surface area (Å²) in [6.45, 7) is 0. The predicted molar refractivity (Wildman–Crippen MR) is 82.8 cm³/mol. The molecule has 1 N–H and O–H groups in total. The molecule has 0 spiro atoms. The molecule has 0 amide bonds. The predicted octanol–water partition coefficient (Wildman–Crippen LogP) is 3.62. The number of thiazole rings is 1. The van der Waals surface area contributed by atoms with Crippen LogP contribution in [0.2, 0.25) is 0 Å². The third kappa shape index (κ3) is 1.78. The van der Waals surface area contributed by atoms with Gasteiger partial charge in [0.1, 0.15) is 0 Å². The lowest BCUT2D eigenvalue weighted by molar-refractivity contribution is 0.101. The highest BCUT2D eigenvalue weighted by molar-refractivity contribution is 7.12. The number of carbonyl (C=O) groups excluding carboxylic acids is 1. The lowest BCUT2D eigenvalue weighted by Gasteiger charge is -2.02. The third-order valence-electron chi connectivity index (χ3n) is 3.43. The Bertz CT molecular complexity index is 953. The van der Waals surface area contributed by atoms with E-state index < -0.39 is 0 Å². The van der Waals surface area contributed by atoms with Crippen molar-refractivity contribution in [2.45, 2.75) is 0 Å². The molecule has 0 aliphatic carbocycles. The van der Waals surface area contributed by atoms with Crippen LogP contribution in [-0.2, 0) is 0 Å². The largest absolute Gasteiger partial charge is 0.494 e. The van der Waals surface area contributed by atoms with Crippen molar-refractivity contribution in [3.05, 3.63) is 65.6 Å². The highest BCUT2D eigenvalue weighted by atomic mass is 32.1. The lowest BCUT2D eigenvalue weighted by Crippen LogP contribution is -2.00. The fourth-order valence-corrected chi connectivity index (χ4v) is 3.16. The maximum atomic E-state index is 12.6. The fourth-order valence-electron chi connectivity index (χ4n) is 2.50. The zero-order chi connectivity index (χ0) is 15.1. The van der Waals surface area contributed by atoms with Crippen LogP contribution in [0, 0.1) is 0 Å². The van der Waals surface area contributed by atoms with Crippen molar-refractivity contribution in [3.63, 3.8) is 0 Å². The van der Waals surface area contributed by atoms with Crippen molar-refractivity contribution >= 4 is 28.0 Å². The topological polar surface area (TPSA) is 68.3 Å². The number of nitrogens with zero attached hydrogens (tertiary/aromatic N) is 2. The van der Waals surface area contributed by atoms with Crippen molar-refractivity contribution in [1.82, 2.24) is 9.55 Å². The van der Waals surface area contributed by atoms with Gasteiger partial charge >= 0.3 is 0 Å². The van der Waals surface area contributed by atoms with Gasteiger partial charge in [-0.3, -0.25) is 9.36 Å². The zero-order valence-corrected chi connectivity index (χ0v) is 12.1. The number of benzene rings is 1. The van der Waals surface area contributed by atoms with Crippen LogP contribution < -0.4 is 0 Å². The van der Waals surface area contributed by atoms with Gasteiger partial charge in [0, 0.05) is 17.0 Å². The molecule has 0 aliphatic heterocycles. The lowest BCUT2D eigenvalue weighted by atomic mass is 10.1. The Morgan fingerprint density at radius 2 is 2.09 bits per heavy atom. The summed E-state index contributed by atoms with van der Waals surface area (Å²) in [5.74, 6) is -0.288. The van der Waals surface area contributed by atoms with Crippen molar-refractivity contribution in [1.29, 1.82) is 0 Å². The van der Waals surface area contributed by atoms with Crippen LogP contribution in [0.15, 0.2) is 58.7 Å². The van der Waals surface area contributed by atoms with Gasteiger partial charge in [0.25, 0.3) is 0 Å². The zero-order valence-electron chi connectivity index (χ0n) is 11.3. The SMILES string of the molecule is O=C(c1ccco1)c1c(O)n(-c2nccs2)c2ccccc12. The smallest absolute Gasteiger partial charge is 0.234 e. The van der Waals surface area contributed by atoms with Gasteiger partial charge < -0.3 is 9.52 Å². The molecule has 22 heavy (non-hydrogen) atoms. The van der Waals surface area contributed by atoms with E-state index in [1.54, 1.807) is 29.0 Å². The normalized spacial score (nSPS) is 11.1. The molecule has 0 saturated carbocycles. The highest BCUT2D eigenvalue weighted by Crippen LogP contribution is 2.36. The number of rotatable bonds is 3. The summed E-state index contributed by atoms with van der Waals surface area (Å²) in [5.41, 5.74) is 0.950. The van der Waals surface area contributed by atoms with Crippen molar-refractivity contribution < 1.29 is 14.3 Å². The minimum absolute atomic E-state index is 0.127. The number of para-hydroxylation sites is 1. The highest BCUT2D eigenvalue weighted by Gasteiger charge is 2.26. The number of fused-ring (bicyclic) bond motifs is 1. The van der Waals surface area contributed by atoms with Gasteiger partial charge in [-0.2, -0.15) is 0 Å². The molecule has 108 valence electrons. The standard InChI is InChI=1S/C16H10N2O3S/c19-14(12-6-3-8-21-12)13-10-4-1-2-5-11(10)18(15(13)20)16-17-7-9-22-16/h1-9,20H. The van der Waals surface area contributed by atoms with Gasteiger partial charge in [-0.1, -0.05) is 18.2 Å². The van der Waals surface area contributed by atoms with E-state index in [9.17, 15) is 9.90 Å². The Balaban J connectivity index is 2.04. The summed E-state index contributed by atoms with van der Waals surface area (Å²) < 4.78 is 6.75. The summed E-state index contributed by atoms with van der Waals surface area (Å²) in [5, 5.41) is 13.7. The Kier molecular flexibility index (Phi) is 2.83. The first-order chi connectivity index (χ1) is 10.8. The second-order valence-corrected chi connectivity index (χ2v) is 5.55. The number of aromatic nitrogens is 2. The number of aromatic hydroxyl groups is 1. The van der Waals surface area contributed by atoms with Gasteiger partial charge in [-0.15, -0.1) is 11.3 Å². The second kappa shape index (κ2) is 4.85. The van der Waals surface area contributed by atoms with Crippen LogP contribution in [0.4, 0.5) is 0 Å². The molecular formula is C16H10N2O3S. The van der Waals surface area contributed by atoms with Gasteiger partial charge in [-0.05, 0) is 18.2 Å². The Labute approximate surface area is 129 Å². The number of ketones is 1. The minimum atomic E-state index is -0.353. The molecule has 0 saturated heterocycles. The molecule has 3 heterocycles. The Hall–Kier alpha value is -2.86. The molecule has 3 aromatic heterocycles. The number of hydrogen-bond acceptors (Lipinski definition) is 5. The first-order valence-corrected chi connectivity index (χ1v) is 7.46. The van der Waals surface area contributed by atoms with E-state index in [1.807, 2.05) is 23.6 Å². The summed E-state index contributed by atoms with van der Waals surface area (Å²) in [4.78, 5) is 16.9. The van der Waals surface area contributed by atoms with Gasteiger partial charge in [-0.25, -0.2) is 4.98 Å². The molecule has 4 aromatic rings. The van der Waals surface area contributed by atoms with E-state index in [2.05, 4.69) is 4.98 Å². The Morgan fingerprint density at radius 3 is 2.82 bits per heavy atom. The first-order valence-electron chi connectivity index (χ1n) is 6.58. The van der Waals surface area contributed by atoms with Gasteiger partial charge in [0.2, 0.25) is 11.7 Å². The van der Waals surface area contributed by atoms with E-state index >= 15 is 0 Å². The average molecular weight is 310 g/mol. The molecule has 5 nitrogen and oxygen atoms in total. The van der Waals surface area contributed by atoms with E-state index in [0.717, 1.165) is 5.52 Å². The first kappa shape index (κ1) is 12.8. The van der Waals surface area contributed by atoms with E-state index in [4.69, 9.17) is 4.42 Å². The third-order valence-corrected chi connectivity index (χ3v) is 4.19. The monoisotopic (exact) mass is 310 g/mol. The van der Waals surface area contributed by atoms with Crippen molar-refractivity contribution in [2.24, 2.45) is 0 Å². The van der Waals surface area contributed by atoms with Crippen LogP contribution in [-0.4, -0.2) is 20.4 Å². The van der Waals surface area contributed by atoms with Crippen molar-refractivity contribution in [2.75, 3.05) is 0 Å². The van der Waals surface area contributed by atoms with Crippen LogP contribution in [0.3, 0.4) is 0 Å². The molecule has 4 rings (SSSR count). The molecular weight excluding hydrogens is 300 g/mol. The fraction of sp³-hybridized carbons (Fsp3) is 0. The quantitative estimate of drug-likeness (QED) is 0.587. The molecule has 0 fully saturated rings. The van der Waals surface area contributed by atoms with E-state index in [-0.39, 0.29) is 23.0 Å². The molecule has 0 bridgehead atoms. The van der Waals surface area contributed by atoms with Crippen LogP contribution in [0.5, 0.6) is 5.88 Å². The number of hydrogen-bond donors (Lipinski definition) is 1. The van der Waals surface area contributed by atoms with E-state index in [0.29, 0.717) is 10.5 Å². The molecule has 0 radical (unpaired) electrons. The molecule has 6 heteroatoms. The van der Waals surface area contributed by atoms with Gasteiger partial charge in [0.05, 0.1) is 17.3 Å². The second-order valence-electron chi connectivity index (χ2n) is 4.67. The number of furan rings is 1. The van der Waals surface area contributed by atoms with Crippen molar-refractivity contribution in [3.8, 4) is 11.0 Å². The van der Waals surface area contributed by atoms with E-state index in [1.165, 1.54) is 17.6 Å². The van der Waals surface area contributed by atoms with Crippen LogP contribution in [0.25, 0.3) is 16.0 Å². The molecule has 0 unspecified atom stereocenters. The molecule has 0 aliphatic rings. The molecule has 0 atom stereocenters. The summed E-state index contributed by atoms with van der Waals surface area (Å²) in [6, 6.07) is 10.5. The van der Waals surface area contributed by atoms with Crippen LogP contribution >= 0.6 is 11.3 Å². The minimum Gasteiger partial charge on any atom is -0.494 e. The molecule has 1 aromatic carbocycles. The average Bonchev–Trinajstić information content (AvgIpc) is 3.26. The Morgan fingerprint density at radius 1 is 1.23 bits per heavy atom. The van der Waals surface area contributed by atoms with Gasteiger partial charge in [0.15, 0.2) is 10.9 Å². The maximum Gasteiger partial charge on any atom is 0.234 e. The summed E-state index contributed by atoms with van der Waals surface area (Å²) in [7, 11) is 0. The number of carbonyl (C=O) groups is 1.